The van der Waals surface area contributed by atoms with Crippen molar-refractivity contribution in [1.29, 1.82) is 0 Å². The largest absolute Gasteiger partial charge is 0.383 e. The maximum atomic E-state index is 12.2. The lowest BCUT2D eigenvalue weighted by molar-refractivity contribution is -0.385. The van der Waals surface area contributed by atoms with E-state index < -0.39 is 10.8 Å². The summed E-state index contributed by atoms with van der Waals surface area (Å²) in [6.45, 7) is 4.19. The van der Waals surface area contributed by atoms with Crippen molar-refractivity contribution in [2.75, 3.05) is 5.73 Å². The van der Waals surface area contributed by atoms with Gasteiger partial charge in [-0.15, -0.1) is 0 Å². The van der Waals surface area contributed by atoms with Gasteiger partial charge in [-0.2, -0.15) is 0 Å². The highest BCUT2D eigenvalue weighted by atomic mass is 16.6. The molecule has 1 atom stereocenters. The molecule has 108 valence electrons. The van der Waals surface area contributed by atoms with Crippen molar-refractivity contribution in [2.45, 2.75) is 39.2 Å². The molecular weight excluding hydrogens is 260 g/mol. The van der Waals surface area contributed by atoms with Crippen LogP contribution >= 0.6 is 0 Å². The minimum Gasteiger partial charge on any atom is -0.383 e. The van der Waals surface area contributed by atoms with Crippen LogP contribution in [0.2, 0.25) is 0 Å². The predicted octanol–water partition coefficient (Wildman–Crippen LogP) is 1.88. The zero-order valence-electron chi connectivity index (χ0n) is 11.5. The third-order valence-electron chi connectivity index (χ3n) is 3.92. The Labute approximate surface area is 116 Å². The molecule has 20 heavy (non-hydrogen) atoms. The monoisotopic (exact) mass is 278 g/mol. The first-order valence-corrected chi connectivity index (χ1v) is 6.52. The van der Waals surface area contributed by atoms with Gasteiger partial charge in [0.1, 0.15) is 12.0 Å². The number of amides is 1. The molecule has 7 nitrogen and oxygen atoms in total. The molecule has 1 aromatic rings. The number of hydrogen-bond donors (Lipinski definition) is 2. The summed E-state index contributed by atoms with van der Waals surface area (Å²) >= 11 is 0. The molecule has 2 rings (SSSR count). The Kier molecular flexibility index (Phi) is 3.61. The highest BCUT2D eigenvalue weighted by molar-refractivity contribution is 5.99. The fourth-order valence-electron chi connectivity index (χ4n) is 2.58. The number of nitro groups is 1. The summed E-state index contributed by atoms with van der Waals surface area (Å²) in [6, 6.07) is 1.22. The number of aromatic nitrogens is 1. The van der Waals surface area contributed by atoms with Crippen LogP contribution in [0.15, 0.2) is 12.3 Å². The molecule has 1 aliphatic rings. The fourth-order valence-corrected chi connectivity index (χ4v) is 2.58. The van der Waals surface area contributed by atoms with Crippen LogP contribution in [0, 0.1) is 15.5 Å². The number of rotatable bonds is 3. The summed E-state index contributed by atoms with van der Waals surface area (Å²) < 4.78 is 0. The number of nitrogen functional groups attached to an aromatic ring is 1. The summed E-state index contributed by atoms with van der Waals surface area (Å²) in [5.41, 5.74) is 5.48. The number of carbonyl (C=O) groups excluding carboxylic acids is 1. The van der Waals surface area contributed by atoms with Gasteiger partial charge in [-0.05, 0) is 18.3 Å². The van der Waals surface area contributed by atoms with Gasteiger partial charge in [-0.1, -0.05) is 20.3 Å². The Morgan fingerprint density at radius 3 is 2.85 bits per heavy atom. The first-order chi connectivity index (χ1) is 9.31. The second-order valence-corrected chi connectivity index (χ2v) is 5.79. The van der Waals surface area contributed by atoms with Gasteiger partial charge < -0.3 is 11.1 Å². The highest BCUT2D eigenvalue weighted by Crippen LogP contribution is 2.37. The SMILES string of the molecule is CC1(C)CCCC1NC(=O)c1cc([N+](=O)[O-])cnc1N. The zero-order valence-corrected chi connectivity index (χ0v) is 11.5. The van der Waals surface area contributed by atoms with Crippen LogP contribution in [-0.2, 0) is 0 Å². The molecule has 1 heterocycles. The Bertz CT molecular complexity index is 557. The quantitative estimate of drug-likeness (QED) is 0.647. The molecule has 1 saturated carbocycles. The number of nitrogens with zero attached hydrogens (tertiary/aromatic N) is 2. The van der Waals surface area contributed by atoms with Crippen molar-refractivity contribution in [1.82, 2.24) is 10.3 Å². The number of nitrogens with one attached hydrogen (secondary N) is 1. The summed E-state index contributed by atoms with van der Waals surface area (Å²) in [6.07, 6.45) is 4.05. The number of anilines is 1. The van der Waals surface area contributed by atoms with Gasteiger partial charge in [0, 0.05) is 12.1 Å². The van der Waals surface area contributed by atoms with Gasteiger partial charge in [0.2, 0.25) is 0 Å². The predicted molar refractivity (Wildman–Crippen MR) is 74.2 cm³/mol. The van der Waals surface area contributed by atoms with E-state index in [1.165, 1.54) is 6.07 Å². The molecule has 0 radical (unpaired) electrons. The lowest BCUT2D eigenvalue weighted by atomic mass is 9.87. The van der Waals surface area contributed by atoms with E-state index in [9.17, 15) is 14.9 Å². The standard InChI is InChI=1S/C13H18N4O3/c1-13(2)5-3-4-10(13)16-12(18)9-6-8(17(19)20)7-15-11(9)14/h6-7,10H,3-5H2,1-2H3,(H2,14,15)(H,16,18). The van der Waals surface area contributed by atoms with Gasteiger partial charge in [-0.3, -0.25) is 14.9 Å². The zero-order chi connectivity index (χ0) is 14.9. The second-order valence-electron chi connectivity index (χ2n) is 5.79. The lowest BCUT2D eigenvalue weighted by Crippen LogP contribution is -2.41. The van der Waals surface area contributed by atoms with Crippen molar-refractivity contribution >= 4 is 17.4 Å². The van der Waals surface area contributed by atoms with Gasteiger partial charge in [0.15, 0.2) is 0 Å². The molecule has 1 fully saturated rings. The van der Waals surface area contributed by atoms with Crippen LogP contribution in [-0.4, -0.2) is 21.9 Å². The molecule has 1 aliphatic carbocycles. The Balaban J connectivity index is 2.21. The first kappa shape index (κ1) is 14.2. The van der Waals surface area contributed by atoms with Crippen molar-refractivity contribution in [3.8, 4) is 0 Å². The van der Waals surface area contributed by atoms with Gasteiger partial charge in [0.25, 0.3) is 11.6 Å². The van der Waals surface area contributed by atoms with Crippen LogP contribution < -0.4 is 11.1 Å². The van der Waals surface area contributed by atoms with E-state index in [4.69, 9.17) is 5.73 Å². The minimum atomic E-state index is -0.595. The molecule has 3 N–H and O–H groups in total. The molecule has 0 saturated heterocycles. The molecule has 1 aromatic heterocycles. The summed E-state index contributed by atoms with van der Waals surface area (Å²) in [5, 5.41) is 13.6. The fraction of sp³-hybridized carbons (Fsp3) is 0.538. The molecule has 1 amide bonds. The summed E-state index contributed by atoms with van der Waals surface area (Å²) in [5.74, 6) is -0.400. The van der Waals surface area contributed by atoms with Crippen LogP contribution in [0.4, 0.5) is 11.5 Å². The van der Waals surface area contributed by atoms with E-state index in [0.29, 0.717) is 0 Å². The Morgan fingerprint density at radius 2 is 2.30 bits per heavy atom. The van der Waals surface area contributed by atoms with Crippen molar-refractivity contribution in [2.24, 2.45) is 5.41 Å². The minimum absolute atomic E-state index is 0.00361. The van der Waals surface area contributed by atoms with Gasteiger partial charge >= 0.3 is 0 Å². The van der Waals surface area contributed by atoms with Crippen LogP contribution in [0.1, 0.15) is 43.5 Å². The third-order valence-corrected chi connectivity index (χ3v) is 3.92. The number of carbonyl (C=O) groups is 1. The molecule has 0 bridgehead atoms. The van der Waals surface area contributed by atoms with Crippen molar-refractivity contribution in [3.05, 3.63) is 27.9 Å². The molecule has 0 spiro atoms. The molecule has 7 heteroatoms. The summed E-state index contributed by atoms with van der Waals surface area (Å²) in [4.78, 5) is 26.1. The van der Waals surface area contributed by atoms with E-state index in [-0.39, 0.29) is 28.5 Å². The molecule has 0 aliphatic heterocycles. The topological polar surface area (TPSA) is 111 Å². The number of nitrogens with two attached hydrogens (primary N) is 1. The van der Waals surface area contributed by atoms with Crippen LogP contribution in [0.25, 0.3) is 0 Å². The third kappa shape index (κ3) is 2.71. The summed E-state index contributed by atoms with van der Waals surface area (Å²) in [7, 11) is 0. The Hall–Kier alpha value is -2.18. The second kappa shape index (κ2) is 5.07. The molecular formula is C13H18N4O3. The van der Waals surface area contributed by atoms with E-state index in [1.807, 2.05) is 0 Å². The number of hydrogen-bond acceptors (Lipinski definition) is 5. The van der Waals surface area contributed by atoms with Crippen molar-refractivity contribution in [3.63, 3.8) is 0 Å². The van der Waals surface area contributed by atoms with E-state index in [2.05, 4.69) is 24.1 Å². The average molecular weight is 278 g/mol. The molecule has 0 aromatic carbocycles. The lowest BCUT2D eigenvalue weighted by Gasteiger charge is -2.27. The molecule has 1 unspecified atom stereocenters. The highest BCUT2D eigenvalue weighted by Gasteiger charge is 2.35. The Morgan fingerprint density at radius 1 is 1.60 bits per heavy atom. The average Bonchev–Trinajstić information content (AvgIpc) is 2.68. The number of pyridine rings is 1. The maximum Gasteiger partial charge on any atom is 0.288 e. The van der Waals surface area contributed by atoms with E-state index in [0.717, 1.165) is 25.5 Å². The normalized spacial score (nSPS) is 20.6. The maximum absolute atomic E-state index is 12.2. The van der Waals surface area contributed by atoms with Gasteiger partial charge in [-0.25, -0.2) is 4.98 Å². The first-order valence-electron chi connectivity index (χ1n) is 6.52. The van der Waals surface area contributed by atoms with Crippen molar-refractivity contribution < 1.29 is 9.72 Å². The van der Waals surface area contributed by atoms with E-state index in [1.54, 1.807) is 0 Å². The van der Waals surface area contributed by atoms with E-state index >= 15 is 0 Å². The van der Waals surface area contributed by atoms with Gasteiger partial charge in [0.05, 0.1) is 10.5 Å². The van der Waals surface area contributed by atoms with Crippen LogP contribution in [0.5, 0.6) is 0 Å². The van der Waals surface area contributed by atoms with Crippen LogP contribution in [0.3, 0.4) is 0 Å². The smallest absolute Gasteiger partial charge is 0.288 e.